The summed E-state index contributed by atoms with van der Waals surface area (Å²) in [7, 11) is 0. The number of imidazole rings is 1. The number of benzene rings is 1. The minimum absolute atomic E-state index is 0.0360. The van der Waals surface area contributed by atoms with E-state index in [4.69, 9.17) is 23.2 Å². The van der Waals surface area contributed by atoms with E-state index < -0.39 is 6.04 Å². The molecule has 8 heteroatoms. The van der Waals surface area contributed by atoms with Crippen molar-refractivity contribution in [2.24, 2.45) is 5.92 Å². The molecular formula is C21H22Cl2N4O2. The molecule has 2 N–H and O–H groups in total. The molecule has 3 aromatic rings. The van der Waals surface area contributed by atoms with Crippen molar-refractivity contribution in [1.29, 1.82) is 0 Å². The van der Waals surface area contributed by atoms with Crippen molar-refractivity contribution < 1.29 is 9.59 Å². The molecule has 0 aliphatic rings. The van der Waals surface area contributed by atoms with Crippen LogP contribution in [0.1, 0.15) is 36.3 Å². The number of halogens is 2. The van der Waals surface area contributed by atoms with Crippen LogP contribution < -0.4 is 10.6 Å². The normalized spacial score (nSPS) is 13.1. The van der Waals surface area contributed by atoms with Gasteiger partial charge < -0.3 is 15.0 Å². The van der Waals surface area contributed by atoms with Crippen LogP contribution in [0.5, 0.6) is 0 Å². The molecule has 0 radical (unpaired) electrons. The summed E-state index contributed by atoms with van der Waals surface area (Å²) in [4.78, 5) is 29.8. The number of nitrogens with one attached hydrogen (secondary N) is 2. The second-order valence-electron chi connectivity index (χ2n) is 6.91. The highest BCUT2D eigenvalue weighted by Gasteiger charge is 2.26. The molecule has 2 heterocycles. The summed E-state index contributed by atoms with van der Waals surface area (Å²) in [6, 6.07) is 9.46. The topological polar surface area (TPSA) is 75.5 Å². The molecule has 2 amide bonds. The van der Waals surface area contributed by atoms with Crippen molar-refractivity contribution in [3.63, 3.8) is 0 Å². The fraction of sp³-hybridized carbons (Fsp3) is 0.286. The minimum atomic E-state index is -0.658. The van der Waals surface area contributed by atoms with Gasteiger partial charge in [0.1, 0.15) is 11.7 Å². The number of rotatable bonds is 7. The van der Waals surface area contributed by atoms with Crippen LogP contribution in [0.4, 0.5) is 0 Å². The van der Waals surface area contributed by atoms with E-state index >= 15 is 0 Å². The number of nitrogens with zero attached hydrogens (tertiary/aromatic N) is 2. The van der Waals surface area contributed by atoms with Gasteiger partial charge in [-0.05, 0) is 42.3 Å². The van der Waals surface area contributed by atoms with Crippen molar-refractivity contribution >= 4 is 40.7 Å². The third-order valence-corrected chi connectivity index (χ3v) is 5.27. The Hall–Kier alpha value is -2.57. The van der Waals surface area contributed by atoms with Crippen LogP contribution in [0.3, 0.4) is 0 Å². The van der Waals surface area contributed by atoms with Crippen LogP contribution >= 0.6 is 23.2 Å². The predicted octanol–water partition coefficient (Wildman–Crippen LogP) is 4.10. The number of amides is 2. The maximum atomic E-state index is 12.8. The first-order valence-electron chi connectivity index (χ1n) is 9.34. The first-order chi connectivity index (χ1) is 13.9. The molecule has 0 saturated carbocycles. The van der Waals surface area contributed by atoms with Gasteiger partial charge in [-0.25, -0.2) is 4.98 Å². The molecule has 6 nitrogen and oxygen atoms in total. The lowest BCUT2D eigenvalue weighted by Crippen LogP contribution is -2.50. The Morgan fingerprint density at radius 3 is 2.45 bits per heavy atom. The number of hydrogen-bond donors (Lipinski definition) is 2. The summed E-state index contributed by atoms with van der Waals surface area (Å²) >= 11 is 11.9. The molecule has 0 fully saturated rings. The molecule has 2 aromatic heterocycles. The highest BCUT2D eigenvalue weighted by molar-refractivity contribution is 6.30. The minimum Gasteiger partial charge on any atom is -0.349 e. The summed E-state index contributed by atoms with van der Waals surface area (Å²) in [5, 5.41) is 6.86. The van der Waals surface area contributed by atoms with Crippen molar-refractivity contribution in [1.82, 2.24) is 20.0 Å². The monoisotopic (exact) mass is 432 g/mol. The number of pyridine rings is 1. The van der Waals surface area contributed by atoms with Crippen molar-refractivity contribution in [2.45, 2.75) is 32.9 Å². The van der Waals surface area contributed by atoms with Gasteiger partial charge in [0.05, 0.1) is 17.3 Å². The molecule has 0 spiro atoms. The number of aromatic nitrogens is 2. The maximum Gasteiger partial charge on any atom is 0.251 e. The van der Waals surface area contributed by atoms with Crippen molar-refractivity contribution in [3.05, 3.63) is 70.1 Å². The van der Waals surface area contributed by atoms with Gasteiger partial charge in [-0.1, -0.05) is 43.5 Å². The molecule has 152 valence electrons. The quantitative estimate of drug-likeness (QED) is 0.589. The Kier molecular flexibility index (Phi) is 6.77. The molecule has 0 bridgehead atoms. The van der Waals surface area contributed by atoms with Crippen LogP contribution in [0.25, 0.3) is 5.65 Å². The lowest BCUT2D eigenvalue weighted by molar-refractivity contribution is -0.124. The first-order valence-corrected chi connectivity index (χ1v) is 10.1. The Balaban J connectivity index is 1.67. The number of hydrogen-bond acceptors (Lipinski definition) is 3. The zero-order valence-corrected chi connectivity index (χ0v) is 17.7. The molecule has 3 rings (SSSR count). The molecule has 2 atom stereocenters. The van der Waals surface area contributed by atoms with Gasteiger partial charge in [-0.2, -0.15) is 0 Å². The van der Waals surface area contributed by atoms with Gasteiger partial charge in [-0.15, -0.1) is 0 Å². The van der Waals surface area contributed by atoms with E-state index in [1.807, 2.05) is 26.1 Å². The Bertz CT molecular complexity index is 1020. The summed E-state index contributed by atoms with van der Waals surface area (Å²) in [5.74, 6) is -0.604. The predicted molar refractivity (Wildman–Crippen MR) is 114 cm³/mol. The van der Waals surface area contributed by atoms with Crippen molar-refractivity contribution in [2.75, 3.05) is 0 Å². The van der Waals surface area contributed by atoms with Gasteiger partial charge in [0.2, 0.25) is 5.91 Å². The number of carbonyl (C=O) groups is 2. The third-order valence-electron chi connectivity index (χ3n) is 4.80. The standard InChI is InChI=1S/C21H22Cl2N4O2/c1-3-13(2)19(26-20(28)14-4-6-15(22)7-5-14)21(29)24-10-17-12-27-11-16(23)8-9-18(27)25-17/h4-9,11-13,19H,3,10H2,1-2H3,(H,24,29)(H,26,28). The van der Waals surface area contributed by atoms with E-state index in [0.717, 1.165) is 12.1 Å². The van der Waals surface area contributed by atoms with E-state index in [1.54, 1.807) is 40.9 Å². The first kappa shape index (κ1) is 21.1. The van der Waals surface area contributed by atoms with Crippen LogP contribution in [-0.2, 0) is 11.3 Å². The molecule has 0 saturated heterocycles. The van der Waals surface area contributed by atoms with E-state index in [2.05, 4.69) is 15.6 Å². The smallest absolute Gasteiger partial charge is 0.251 e. The lowest BCUT2D eigenvalue weighted by atomic mass is 9.98. The SMILES string of the molecule is CCC(C)C(NC(=O)c1ccc(Cl)cc1)C(=O)NCc1cn2cc(Cl)ccc2n1. The molecule has 0 aliphatic heterocycles. The second-order valence-corrected chi connectivity index (χ2v) is 7.78. The largest absolute Gasteiger partial charge is 0.349 e. The van der Waals surface area contributed by atoms with E-state index in [0.29, 0.717) is 21.3 Å². The van der Waals surface area contributed by atoms with E-state index in [9.17, 15) is 9.59 Å². The molecule has 2 unspecified atom stereocenters. The van der Waals surface area contributed by atoms with Crippen LogP contribution in [-0.4, -0.2) is 27.2 Å². The third kappa shape index (κ3) is 5.28. The summed E-state index contributed by atoms with van der Waals surface area (Å²) in [6.45, 7) is 4.16. The highest BCUT2D eigenvalue weighted by atomic mass is 35.5. The lowest BCUT2D eigenvalue weighted by Gasteiger charge is -2.23. The molecule has 1 aromatic carbocycles. The fourth-order valence-electron chi connectivity index (χ4n) is 2.92. The summed E-state index contributed by atoms with van der Waals surface area (Å²) in [5.41, 5.74) is 1.90. The number of fused-ring (bicyclic) bond motifs is 1. The zero-order chi connectivity index (χ0) is 21.0. The molecule has 0 aliphatic carbocycles. The zero-order valence-electron chi connectivity index (χ0n) is 16.2. The second kappa shape index (κ2) is 9.29. The van der Waals surface area contributed by atoms with Gasteiger partial charge >= 0.3 is 0 Å². The van der Waals surface area contributed by atoms with Crippen LogP contribution in [0.15, 0.2) is 48.8 Å². The Morgan fingerprint density at radius 2 is 1.76 bits per heavy atom. The summed E-state index contributed by atoms with van der Waals surface area (Å²) in [6.07, 6.45) is 4.31. The molecular weight excluding hydrogens is 411 g/mol. The van der Waals surface area contributed by atoms with E-state index in [-0.39, 0.29) is 24.3 Å². The van der Waals surface area contributed by atoms with Gasteiger partial charge in [-0.3, -0.25) is 9.59 Å². The van der Waals surface area contributed by atoms with Gasteiger partial charge in [0.25, 0.3) is 5.91 Å². The van der Waals surface area contributed by atoms with E-state index in [1.165, 1.54) is 0 Å². The molecule has 29 heavy (non-hydrogen) atoms. The van der Waals surface area contributed by atoms with Gasteiger partial charge in [0, 0.05) is 23.0 Å². The Morgan fingerprint density at radius 1 is 1.07 bits per heavy atom. The van der Waals surface area contributed by atoms with Crippen molar-refractivity contribution in [3.8, 4) is 0 Å². The maximum absolute atomic E-state index is 12.8. The average molecular weight is 433 g/mol. The summed E-state index contributed by atoms with van der Waals surface area (Å²) < 4.78 is 1.80. The average Bonchev–Trinajstić information content (AvgIpc) is 3.12. The van der Waals surface area contributed by atoms with Crippen LogP contribution in [0.2, 0.25) is 10.0 Å². The van der Waals surface area contributed by atoms with Gasteiger partial charge in [0.15, 0.2) is 0 Å². The number of carbonyl (C=O) groups excluding carboxylic acids is 2. The highest BCUT2D eigenvalue weighted by Crippen LogP contribution is 2.14. The fourth-order valence-corrected chi connectivity index (χ4v) is 3.21. The van der Waals surface area contributed by atoms with Crippen LogP contribution in [0, 0.1) is 5.92 Å². The Labute approximate surface area is 179 Å².